The fraction of sp³-hybridized carbons (Fsp3) is 0.217. The van der Waals surface area contributed by atoms with Gasteiger partial charge in [-0.1, -0.05) is 36.9 Å². The van der Waals surface area contributed by atoms with E-state index in [2.05, 4.69) is 16.5 Å². The number of piperazine rings is 1. The number of carbonyl (C=O) groups excluding carboxylic acids is 1. The normalized spacial score (nSPS) is 18.0. The molecule has 5 nitrogen and oxygen atoms in total. The number of para-hydroxylation sites is 1. The van der Waals surface area contributed by atoms with Crippen molar-refractivity contribution in [3.05, 3.63) is 77.5 Å². The van der Waals surface area contributed by atoms with E-state index >= 15 is 0 Å². The molecule has 2 aliphatic rings. The second-order valence-corrected chi connectivity index (χ2v) is 7.91. The number of aliphatic imine (C=N–C) groups is 1. The van der Waals surface area contributed by atoms with Crippen molar-refractivity contribution in [3.8, 4) is 5.75 Å². The van der Waals surface area contributed by atoms with E-state index in [4.69, 9.17) is 4.74 Å². The number of amides is 1. The number of hydrogen-bond acceptors (Lipinski definition) is 5. The number of anilines is 1. The highest BCUT2D eigenvalue weighted by molar-refractivity contribution is 8.18. The Balaban J connectivity index is 1.37. The van der Waals surface area contributed by atoms with Gasteiger partial charge in [-0.05, 0) is 47.7 Å². The quantitative estimate of drug-likeness (QED) is 0.533. The lowest BCUT2D eigenvalue weighted by Gasteiger charge is -2.36. The van der Waals surface area contributed by atoms with E-state index in [-0.39, 0.29) is 11.7 Å². The number of benzene rings is 2. The van der Waals surface area contributed by atoms with Crippen molar-refractivity contribution in [2.24, 2.45) is 4.99 Å². The topological polar surface area (TPSA) is 45.1 Å². The average molecular weight is 424 g/mol. The zero-order chi connectivity index (χ0) is 20.9. The SMILES string of the molecule is C=CCOc1ccc(/C=C2\SC(N3CCN(c4ccccc4F)CC3)=NC2=O)cc1. The van der Waals surface area contributed by atoms with Gasteiger partial charge in [0.05, 0.1) is 10.6 Å². The van der Waals surface area contributed by atoms with Crippen LogP contribution in [-0.2, 0) is 4.79 Å². The largest absolute Gasteiger partial charge is 0.490 e. The van der Waals surface area contributed by atoms with Crippen LogP contribution in [0.4, 0.5) is 10.1 Å². The van der Waals surface area contributed by atoms with Gasteiger partial charge in [0.15, 0.2) is 5.17 Å². The summed E-state index contributed by atoms with van der Waals surface area (Å²) in [6.07, 6.45) is 3.54. The number of amidine groups is 1. The molecule has 4 rings (SSSR count). The average Bonchev–Trinajstić information content (AvgIpc) is 3.14. The third kappa shape index (κ3) is 4.57. The molecule has 2 aromatic rings. The molecule has 2 aromatic carbocycles. The molecule has 1 amide bonds. The number of ether oxygens (including phenoxy) is 1. The maximum atomic E-state index is 14.0. The molecule has 1 fully saturated rings. The van der Waals surface area contributed by atoms with Crippen LogP contribution in [0.3, 0.4) is 0 Å². The Kier molecular flexibility index (Phi) is 6.18. The number of nitrogens with zero attached hydrogens (tertiary/aromatic N) is 3. The van der Waals surface area contributed by atoms with Crippen LogP contribution >= 0.6 is 11.8 Å². The van der Waals surface area contributed by atoms with Crippen molar-refractivity contribution in [1.29, 1.82) is 0 Å². The van der Waals surface area contributed by atoms with Gasteiger partial charge in [0.25, 0.3) is 5.91 Å². The predicted octanol–water partition coefficient (Wildman–Crippen LogP) is 4.18. The van der Waals surface area contributed by atoms with Gasteiger partial charge in [-0.15, -0.1) is 0 Å². The van der Waals surface area contributed by atoms with Crippen LogP contribution in [0, 0.1) is 5.82 Å². The number of halogens is 1. The van der Waals surface area contributed by atoms with E-state index in [1.165, 1.54) is 17.8 Å². The third-order valence-corrected chi connectivity index (χ3v) is 5.94. The van der Waals surface area contributed by atoms with E-state index in [1.54, 1.807) is 18.2 Å². The Morgan fingerprint density at radius 2 is 1.77 bits per heavy atom. The zero-order valence-corrected chi connectivity index (χ0v) is 17.3. The van der Waals surface area contributed by atoms with E-state index in [0.717, 1.165) is 11.3 Å². The van der Waals surface area contributed by atoms with Gasteiger partial charge in [0.2, 0.25) is 0 Å². The molecule has 0 atom stereocenters. The second-order valence-electron chi connectivity index (χ2n) is 6.90. The minimum Gasteiger partial charge on any atom is -0.490 e. The first-order valence-electron chi connectivity index (χ1n) is 9.75. The van der Waals surface area contributed by atoms with Gasteiger partial charge in [-0.3, -0.25) is 4.79 Å². The lowest BCUT2D eigenvalue weighted by Crippen LogP contribution is -2.48. The van der Waals surface area contributed by atoms with E-state index in [0.29, 0.717) is 48.5 Å². The summed E-state index contributed by atoms with van der Waals surface area (Å²) in [5.74, 6) is 0.325. The molecule has 0 saturated carbocycles. The summed E-state index contributed by atoms with van der Waals surface area (Å²) in [5.41, 5.74) is 1.54. The van der Waals surface area contributed by atoms with Gasteiger partial charge >= 0.3 is 0 Å². The van der Waals surface area contributed by atoms with Crippen LogP contribution in [0.2, 0.25) is 0 Å². The van der Waals surface area contributed by atoms with Crippen molar-refractivity contribution < 1.29 is 13.9 Å². The summed E-state index contributed by atoms with van der Waals surface area (Å²) in [6.45, 7) is 6.82. The molecule has 0 spiro atoms. The molecule has 0 aliphatic carbocycles. The van der Waals surface area contributed by atoms with E-state index in [9.17, 15) is 9.18 Å². The van der Waals surface area contributed by atoms with Gasteiger partial charge in [-0.2, -0.15) is 4.99 Å². The third-order valence-electron chi connectivity index (χ3n) is 4.90. The molecule has 30 heavy (non-hydrogen) atoms. The summed E-state index contributed by atoms with van der Waals surface area (Å²) in [6, 6.07) is 14.4. The molecule has 0 N–H and O–H groups in total. The van der Waals surface area contributed by atoms with Crippen LogP contribution in [-0.4, -0.2) is 48.8 Å². The Hall–Kier alpha value is -3.06. The standard InChI is InChI=1S/C23H22FN3O2S/c1-2-15-29-18-9-7-17(8-10-18)16-21-22(28)25-23(30-21)27-13-11-26(12-14-27)20-6-4-3-5-19(20)24/h2-10,16H,1,11-15H2/b21-16-. The van der Waals surface area contributed by atoms with Crippen LogP contribution in [0.1, 0.15) is 5.56 Å². The molecular weight excluding hydrogens is 401 g/mol. The predicted molar refractivity (Wildman–Crippen MR) is 120 cm³/mol. The molecule has 2 heterocycles. The van der Waals surface area contributed by atoms with Crippen LogP contribution in [0.5, 0.6) is 5.75 Å². The zero-order valence-electron chi connectivity index (χ0n) is 16.5. The van der Waals surface area contributed by atoms with Gasteiger partial charge < -0.3 is 14.5 Å². The molecule has 0 unspecified atom stereocenters. The summed E-state index contributed by atoms with van der Waals surface area (Å²) in [7, 11) is 0. The maximum absolute atomic E-state index is 14.0. The van der Waals surface area contributed by atoms with Gasteiger partial charge in [-0.25, -0.2) is 4.39 Å². The summed E-state index contributed by atoms with van der Waals surface area (Å²) in [5, 5.41) is 0.713. The number of thioether (sulfide) groups is 1. The number of hydrogen-bond donors (Lipinski definition) is 0. The van der Waals surface area contributed by atoms with E-state index in [1.807, 2.05) is 41.3 Å². The molecule has 7 heteroatoms. The van der Waals surface area contributed by atoms with Crippen molar-refractivity contribution in [3.63, 3.8) is 0 Å². The lowest BCUT2D eigenvalue weighted by atomic mass is 10.2. The Morgan fingerprint density at radius 3 is 2.47 bits per heavy atom. The number of carbonyl (C=O) groups is 1. The lowest BCUT2D eigenvalue weighted by molar-refractivity contribution is -0.113. The monoisotopic (exact) mass is 423 g/mol. The first-order chi connectivity index (χ1) is 14.6. The van der Waals surface area contributed by atoms with Gasteiger partial charge in [0.1, 0.15) is 18.2 Å². The molecule has 0 radical (unpaired) electrons. The molecule has 1 saturated heterocycles. The molecule has 2 aliphatic heterocycles. The molecule has 0 bridgehead atoms. The highest BCUT2D eigenvalue weighted by atomic mass is 32.2. The minimum absolute atomic E-state index is 0.208. The molecule has 0 aromatic heterocycles. The fourth-order valence-corrected chi connectivity index (χ4v) is 4.31. The first-order valence-corrected chi connectivity index (χ1v) is 10.6. The Labute approximate surface area is 179 Å². The van der Waals surface area contributed by atoms with E-state index < -0.39 is 0 Å². The van der Waals surface area contributed by atoms with Crippen LogP contribution in [0.15, 0.2) is 71.1 Å². The fourth-order valence-electron chi connectivity index (χ4n) is 3.35. The first kappa shape index (κ1) is 20.2. The molecule has 154 valence electrons. The van der Waals surface area contributed by atoms with Crippen molar-refractivity contribution in [2.75, 3.05) is 37.7 Å². The summed E-state index contributed by atoms with van der Waals surface area (Å²) >= 11 is 1.39. The van der Waals surface area contributed by atoms with Crippen LogP contribution in [0.25, 0.3) is 6.08 Å². The smallest absolute Gasteiger partial charge is 0.286 e. The van der Waals surface area contributed by atoms with Crippen LogP contribution < -0.4 is 9.64 Å². The highest BCUT2D eigenvalue weighted by Crippen LogP contribution is 2.31. The molecular formula is C23H22FN3O2S. The second kappa shape index (κ2) is 9.17. The minimum atomic E-state index is -0.224. The van der Waals surface area contributed by atoms with Crippen molar-refractivity contribution in [1.82, 2.24) is 4.90 Å². The Morgan fingerprint density at radius 1 is 1.07 bits per heavy atom. The summed E-state index contributed by atoms with van der Waals surface area (Å²) in [4.78, 5) is 21.3. The Bertz CT molecular complexity index is 996. The van der Waals surface area contributed by atoms with Crippen molar-refractivity contribution in [2.45, 2.75) is 0 Å². The van der Waals surface area contributed by atoms with Crippen molar-refractivity contribution >= 4 is 34.6 Å². The maximum Gasteiger partial charge on any atom is 0.286 e. The van der Waals surface area contributed by atoms with Gasteiger partial charge in [0, 0.05) is 26.2 Å². The highest BCUT2D eigenvalue weighted by Gasteiger charge is 2.29. The summed E-state index contributed by atoms with van der Waals surface area (Å²) < 4.78 is 19.5. The number of rotatable bonds is 5.